The monoisotopic (exact) mass is 369 g/mol. The molecule has 25 heavy (non-hydrogen) atoms. The normalized spacial score (nSPS) is 19.9. The van der Waals surface area contributed by atoms with Crippen LogP contribution in [0.2, 0.25) is 0 Å². The molecule has 1 N–H and O–H groups in total. The molecule has 0 radical (unpaired) electrons. The van der Waals surface area contributed by atoms with Gasteiger partial charge in [0.1, 0.15) is 10.6 Å². The average Bonchev–Trinajstić information content (AvgIpc) is 2.64. The molecule has 1 heterocycles. The van der Waals surface area contributed by atoms with Gasteiger partial charge in [-0.1, -0.05) is 6.07 Å². The minimum Gasteiger partial charge on any atom is -0.495 e. The topological polar surface area (TPSA) is 73.9 Å². The van der Waals surface area contributed by atoms with Gasteiger partial charge in [0.05, 0.1) is 18.3 Å². The fourth-order valence-corrected chi connectivity index (χ4v) is 4.11. The fourth-order valence-electron chi connectivity index (χ4n) is 2.49. The maximum absolute atomic E-state index is 12.8. The number of rotatable bonds is 4. The van der Waals surface area contributed by atoms with Crippen molar-refractivity contribution in [3.05, 3.63) is 18.2 Å². The summed E-state index contributed by atoms with van der Waals surface area (Å²) in [5.41, 5.74) is -0.973. The summed E-state index contributed by atoms with van der Waals surface area (Å²) in [5.74, 6) is 0.275. The molecule has 0 bridgehead atoms. The van der Waals surface area contributed by atoms with Gasteiger partial charge in [0.25, 0.3) is 0 Å². The van der Waals surface area contributed by atoms with Crippen LogP contribution in [0.1, 0.15) is 48.5 Å². The Morgan fingerprint density at radius 2 is 1.60 bits per heavy atom. The first-order valence-corrected chi connectivity index (χ1v) is 9.74. The van der Waals surface area contributed by atoms with Gasteiger partial charge in [-0.2, -0.15) is 0 Å². The van der Waals surface area contributed by atoms with E-state index in [4.69, 9.17) is 14.0 Å². The van der Waals surface area contributed by atoms with Gasteiger partial charge in [0.2, 0.25) is 10.0 Å². The lowest BCUT2D eigenvalue weighted by Gasteiger charge is -2.32. The van der Waals surface area contributed by atoms with Crippen molar-refractivity contribution in [2.24, 2.45) is 0 Å². The minimum absolute atomic E-state index is 0.0668. The molecule has 0 atom stereocenters. The van der Waals surface area contributed by atoms with Crippen molar-refractivity contribution in [2.45, 2.75) is 70.1 Å². The van der Waals surface area contributed by atoms with Gasteiger partial charge in [0.15, 0.2) is 0 Å². The van der Waals surface area contributed by atoms with Crippen LogP contribution in [0.3, 0.4) is 0 Å². The summed E-state index contributed by atoms with van der Waals surface area (Å²) in [7, 11) is -2.95. The summed E-state index contributed by atoms with van der Waals surface area (Å²) < 4.78 is 45.5. The van der Waals surface area contributed by atoms with Crippen molar-refractivity contribution >= 4 is 22.6 Å². The molecule has 8 heteroatoms. The number of benzene rings is 1. The first kappa shape index (κ1) is 20.2. The van der Waals surface area contributed by atoms with Crippen molar-refractivity contribution in [3.8, 4) is 5.75 Å². The quantitative estimate of drug-likeness (QED) is 0.823. The number of sulfonamides is 1. The number of hydrogen-bond acceptors (Lipinski definition) is 5. The molecular formula is C17H28BNO5S. The van der Waals surface area contributed by atoms with Crippen molar-refractivity contribution in [3.63, 3.8) is 0 Å². The van der Waals surface area contributed by atoms with E-state index >= 15 is 0 Å². The third-order valence-corrected chi connectivity index (χ3v) is 6.22. The van der Waals surface area contributed by atoms with Gasteiger partial charge >= 0.3 is 7.12 Å². The Morgan fingerprint density at radius 3 is 2.04 bits per heavy atom. The van der Waals surface area contributed by atoms with E-state index in [-0.39, 0.29) is 10.6 Å². The van der Waals surface area contributed by atoms with Crippen LogP contribution in [0, 0.1) is 0 Å². The van der Waals surface area contributed by atoms with Crippen LogP contribution >= 0.6 is 0 Å². The molecular weight excluding hydrogens is 341 g/mol. The third-order valence-electron chi connectivity index (χ3n) is 4.44. The Kier molecular flexibility index (Phi) is 5.07. The maximum Gasteiger partial charge on any atom is 0.494 e. The summed E-state index contributed by atoms with van der Waals surface area (Å²) >= 11 is 0. The molecule has 2 rings (SSSR count). The molecule has 0 aromatic heterocycles. The number of nitrogens with one attached hydrogen (secondary N) is 1. The Labute approximate surface area is 151 Å². The highest BCUT2D eigenvalue weighted by atomic mass is 32.2. The van der Waals surface area contributed by atoms with Crippen LogP contribution in [0.5, 0.6) is 5.75 Å². The van der Waals surface area contributed by atoms with Crippen LogP contribution in [0.4, 0.5) is 0 Å². The molecule has 0 saturated carbocycles. The van der Waals surface area contributed by atoms with Crippen LogP contribution in [0.25, 0.3) is 0 Å². The highest BCUT2D eigenvalue weighted by molar-refractivity contribution is 7.89. The molecule has 6 nitrogen and oxygen atoms in total. The third kappa shape index (κ3) is 4.19. The molecule has 1 aromatic carbocycles. The smallest absolute Gasteiger partial charge is 0.494 e. The van der Waals surface area contributed by atoms with Crippen LogP contribution < -0.4 is 14.9 Å². The summed E-state index contributed by atoms with van der Waals surface area (Å²) in [6.45, 7) is 13.2. The van der Waals surface area contributed by atoms with Crippen molar-refractivity contribution in [1.29, 1.82) is 0 Å². The summed E-state index contributed by atoms with van der Waals surface area (Å²) in [6.07, 6.45) is 0. The zero-order chi connectivity index (χ0) is 19.3. The fraction of sp³-hybridized carbons (Fsp3) is 0.647. The largest absolute Gasteiger partial charge is 0.495 e. The van der Waals surface area contributed by atoms with Crippen molar-refractivity contribution in [2.75, 3.05) is 7.11 Å². The van der Waals surface area contributed by atoms with E-state index in [0.717, 1.165) is 0 Å². The van der Waals surface area contributed by atoms with Crippen LogP contribution in [-0.2, 0) is 19.3 Å². The van der Waals surface area contributed by atoms with Gasteiger partial charge in [0, 0.05) is 5.54 Å². The predicted molar refractivity (Wildman–Crippen MR) is 98.8 cm³/mol. The number of ether oxygens (including phenoxy) is 1. The minimum atomic E-state index is -3.76. The van der Waals surface area contributed by atoms with Gasteiger partial charge in [-0.25, -0.2) is 13.1 Å². The van der Waals surface area contributed by atoms with E-state index in [9.17, 15) is 8.42 Å². The van der Waals surface area contributed by atoms with E-state index in [2.05, 4.69) is 4.72 Å². The second kappa shape index (κ2) is 6.26. The molecule has 1 aliphatic rings. The maximum atomic E-state index is 12.8. The lowest BCUT2D eigenvalue weighted by atomic mass is 9.79. The van der Waals surface area contributed by atoms with Gasteiger partial charge in [-0.15, -0.1) is 0 Å². The molecule has 140 valence electrons. The highest BCUT2D eigenvalue weighted by Crippen LogP contribution is 2.37. The average molecular weight is 369 g/mol. The molecule has 1 saturated heterocycles. The van der Waals surface area contributed by atoms with E-state index in [1.165, 1.54) is 7.11 Å². The lowest BCUT2D eigenvalue weighted by Crippen LogP contribution is -2.41. The molecule has 1 aromatic rings. The van der Waals surface area contributed by atoms with E-state index < -0.39 is 33.9 Å². The first-order chi connectivity index (χ1) is 11.2. The Bertz CT molecular complexity index is 737. The first-order valence-electron chi connectivity index (χ1n) is 8.26. The number of methoxy groups -OCH3 is 1. The van der Waals surface area contributed by atoms with Crippen LogP contribution in [0.15, 0.2) is 23.1 Å². The van der Waals surface area contributed by atoms with Crippen molar-refractivity contribution < 1.29 is 22.5 Å². The predicted octanol–water partition coefficient (Wildman–Crippen LogP) is 2.07. The zero-order valence-electron chi connectivity index (χ0n) is 16.3. The molecule has 0 aliphatic carbocycles. The van der Waals surface area contributed by atoms with Crippen molar-refractivity contribution in [1.82, 2.24) is 4.72 Å². The Hall–Kier alpha value is -1.09. The van der Waals surface area contributed by atoms with E-state index in [1.807, 2.05) is 27.7 Å². The second-order valence-electron chi connectivity index (χ2n) is 8.35. The standard InChI is InChI=1S/C17H28BNO5S/c1-15(2,3)19-25(20,21)14-11-12(9-10-13(14)22-8)18-23-16(4,5)17(6,7)24-18/h9-11,19H,1-8H3. The van der Waals surface area contributed by atoms with E-state index in [1.54, 1.807) is 39.0 Å². The molecule has 0 spiro atoms. The molecule has 0 unspecified atom stereocenters. The lowest BCUT2D eigenvalue weighted by molar-refractivity contribution is 0.00578. The molecule has 1 fully saturated rings. The Balaban J connectivity index is 2.45. The number of hydrogen-bond donors (Lipinski definition) is 1. The van der Waals surface area contributed by atoms with Gasteiger partial charge in [-0.3, -0.25) is 0 Å². The summed E-state index contributed by atoms with van der Waals surface area (Å²) in [4.78, 5) is 0.0668. The second-order valence-corrected chi connectivity index (χ2v) is 10.0. The van der Waals surface area contributed by atoms with Gasteiger partial charge in [-0.05, 0) is 66.1 Å². The Morgan fingerprint density at radius 1 is 1.08 bits per heavy atom. The summed E-state index contributed by atoms with van der Waals surface area (Å²) in [5, 5.41) is 0. The van der Waals surface area contributed by atoms with Crippen LogP contribution in [-0.4, -0.2) is 39.4 Å². The molecule has 0 amide bonds. The SMILES string of the molecule is COc1ccc(B2OC(C)(C)C(C)(C)O2)cc1S(=O)(=O)NC(C)(C)C. The zero-order valence-corrected chi connectivity index (χ0v) is 17.1. The molecule has 1 aliphatic heterocycles. The van der Waals surface area contributed by atoms with E-state index in [0.29, 0.717) is 5.46 Å². The highest BCUT2D eigenvalue weighted by Gasteiger charge is 2.51. The van der Waals surface area contributed by atoms with Gasteiger partial charge < -0.3 is 14.0 Å². The summed E-state index contributed by atoms with van der Waals surface area (Å²) in [6, 6.07) is 4.93.